The topological polar surface area (TPSA) is 40.6 Å². The van der Waals surface area contributed by atoms with Gasteiger partial charge in [-0.3, -0.25) is 9.59 Å². The number of carbonyl (C=O) groups is 2. The summed E-state index contributed by atoms with van der Waals surface area (Å²) in [6.45, 7) is 1.84. The van der Waals surface area contributed by atoms with E-state index in [-0.39, 0.29) is 17.9 Å². The molecule has 0 radical (unpaired) electrons. The highest BCUT2D eigenvalue weighted by atomic mass is 16.2. The van der Waals surface area contributed by atoms with Gasteiger partial charge >= 0.3 is 0 Å². The van der Waals surface area contributed by atoms with Crippen molar-refractivity contribution in [1.29, 1.82) is 0 Å². The summed E-state index contributed by atoms with van der Waals surface area (Å²) in [6, 6.07) is -0.148. The summed E-state index contributed by atoms with van der Waals surface area (Å²) in [4.78, 5) is 27.9. The molecule has 98 valence electrons. The van der Waals surface area contributed by atoms with Crippen LogP contribution >= 0.6 is 0 Å². The normalized spacial score (nSPS) is 32.0. The molecule has 2 saturated heterocycles. The standard InChI is InChI=1S/C14H20N2O2/c17-13-10-15(9-11-5-2-1-3-6-11)14(18)12-7-4-8-16(12)13/h1-2,11-12H,3-10H2. The number of rotatable bonds is 2. The molecule has 2 unspecified atom stereocenters. The van der Waals surface area contributed by atoms with Gasteiger partial charge in [-0.2, -0.15) is 0 Å². The molecule has 3 aliphatic rings. The van der Waals surface area contributed by atoms with Gasteiger partial charge in [-0.05, 0) is 38.0 Å². The van der Waals surface area contributed by atoms with E-state index in [1.807, 2.05) is 0 Å². The molecule has 0 bridgehead atoms. The number of nitrogens with zero attached hydrogens (tertiary/aromatic N) is 2. The van der Waals surface area contributed by atoms with Crippen LogP contribution in [0, 0.1) is 5.92 Å². The van der Waals surface area contributed by atoms with Crippen LogP contribution in [-0.2, 0) is 9.59 Å². The number of amides is 2. The lowest BCUT2D eigenvalue weighted by molar-refractivity contribution is -0.154. The number of carbonyl (C=O) groups excluding carboxylic acids is 2. The van der Waals surface area contributed by atoms with Gasteiger partial charge in [0.05, 0.1) is 6.54 Å². The van der Waals surface area contributed by atoms with Crippen LogP contribution in [-0.4, -0.2) is 47.3 Å². The fourth-order valence-electron chi connectivity index (χ4n) is 3.35. The molecule has 0 aromatic carbocycles. The number of allylic oxidation sites excluding steroid dienone is 2. The molecule has 2 fully saturated rings. The summed E-state index contributed by atoms with van der Waals surface area (Å²) in [5, 5.41) is 0. The van der Waals surface area contributed by atoms with Crippen molar-refractivity contribution in [2.75, 3.05) is 19.6 Å². The lowest BCUT2D eigenvalue weighted by Gasteiger charge is -2.38. The van der Waals surface area contributed by atoms with E-state index in [0.717, 1.165) is 45.2 Å². The van der Waals surface area contributed by atoms with E-state index in [4.69, 9.17) is 0 Å². The smallest absolute Gasteiger partial charge is 0.245 e. The molecule has 0 spiro atoms. The van der Waals surface area contributed by atoms with Crippen LogP contribution in [0.15, 0.2) is 12.2 Å². The van der Waals surface area contributed by atoms with Crippen LogP contribution in [0.4, 0.5) is 0 Å². The first-order chi connectivity index (χ1) is 8.75. The zero-order valence-electron chi connectivity index (χ0n) is 10.7. The summed E-state index contributed by atoms with van der Waals surface area (Å²) < 4.78 is 0. The largest absolute Gasteiger partial charge is 0.331 e. The zero-order valence-corrected chi connectivity index (χ0v) is 10.7. The Hall–Kier alpha value is -1.32. The molecule has 4 nitrogen and oxygen atoms in total. The monoisotopic (exact) mass is 248 g/mol. The van der Waals surface area contributed by atoms with Gasteiger partial charge in [0.25, 0.3) is 0 Å². The Labute approximate surface area is 108 Å². The Morgan fingerprint density at radius 2 is 2.11 bits per heavy atom. The molecule has 0 saturated carbocycles. The number of piperazine rings is 1. The second kappa shape index (κ2) is 4.75. The van der Waals surface area contributed by atoms with Crippen molar-refractivity contribution < 1.29 is 9.59 Å². The van der Waals surface area contributed by atoms with Gasteiger partial charge in [0.1, 0.15) is 6.04 Å². The second-order valence-electron chi connectivity index (χ2n) is 5.61. The summed E-state index contributed by atoms with van der Waals surface area (Å²) in [7, 11) is 0. The summed E-state index contributed by atoms with van der Waals surface area (Å²) in [5.74, 6) is 0.866. The minimum absolute atomic E-state index is 0.142. The van der Waals surface area contributed by atoms with E-state index in [1.165, 1.54) is 0 Å². The maximum absolute atomic E-state index is 12.3. The van der Waals surface area contributed by atoms with E-state index in [1.54, 1.807) is 9.80 Å². The number of hydrogen-bond donors (Lipinski definition) is 0. The minimum atomic E-state index is -0.148. The highest BCUT2D eigenvalue weighted by molar-refractivity contribution is 5.95. The van der Waals surface area contributed by atoms with Crippen LogP contribution in [0.2, 0.25) is 0 Å². The van der Waals surface area contributed by atoms with Gasteiger partial charge in [-0.15, -0.1) is 0 Å². The van der Waals surface area contributed by atoms with Crippen molar-refractivity contribution in [2.45, 2.75) is 38.1 Å². The number of fused-ring (bicyclic) bond motifs is 1. The first kappa shape index (κ1) is 11.8. The summed E-state index contributed by atoms with van der Waals surface area (Å²) >= 11 is 0. The van der Waals surface area contributed by atoms with E-state index in [2.05, 4.69) is 12.2 Å². The van der Waals surface area contributed by atoms with Gasteiger partial charge in [-0.1, -0.05) is 12.2 Å². The average Bonchev–Trinajstić information content (AvgIpc) is 2.87. The Kier molecular flexibility index (Phi) is 3.10. The molecular formula is C14H20N2O2. The Morgan fingerprint density at radius 3 is 2.89 bits per heavy atom. The molecule has 0 aromatic heterocycles. The van der Waals surface area contributed by atoms with E-state index >= 15 is 0 Å². The summed E-state index contributed by atoms with van der Waals surface area (Å²) in [5.41, 5.74) is 0. The molecule has 3 rings (SSSR count). The lowest BCUT2D eigenvalue weighted by atomic mass is 9.93. The molecule has 4 heteroatoms. The Balaban J connectivity index is 1.67. The van der Waals surface area contributed by atoms with E-state index in [0.29, 0.717) is 12.5 Å². The third-order valence-corrected chi connectivity index (χ3v) is 4.35. The SMILES string of the molecule is O=C1C2CCCN2C(=O)CN1CC1CC=CCC1. The van der Waals surface area contributed by atoms with Gasteiger partial charge in [0.15, 0.2) is 0 Å². The molecule has 2 atom stereocenters. The molecule has 18 heavy (non-hydrogen) atoms. The van der Waals surface area contributed by atoms with Crippen LogP contribution < -0.4 is 0 Å². The summed E-state index contributed by atoms with van der Waals surface area (Å²) in [6.07, 6.45) is 9.53. The minimum Gasteiger partial charge on any atom is -0.331 e. The molecule has 2 aliphatic heterocycles. The van der Waals surface area contributed by atoms with Gasteiger partial charge in [0.2, 0.25) is 11.8 Å². The van der Waals surface area contributed by atoms with Gasteiger partial charge in [-0.25, -0.2) is 0 Å². The molecule has 0 aromatic rings. The fourth-order valence-corrected chi connectivity index (χ4v) is 3.35. The van der Waals surface area contributed by atoms with Gasteiger partial charge < -0.3 is 9.80 Å². The molecule has 0 N–H and O–H groups in total. The fraction of sp³-hybridized carbons (Fsp3) is 0.714. The van der Waals surface area contributed by atoms with Crippen molar-refractivity contribution in [3.05, 3.63) is 12.2 Å². The van der Waals surface area contributed by atoms with Crippen molar-refractivity contribution >= 4 is 11.8 Å². The van der Waals surface area contributed by atoms with Crippen molar-refractivity contribution in [1.82, 2.24) is 9.80 Å². The quantitative estimate of drug-likeness (QED) is 0.688. The maximum atomic E-state index is 12.3. The van der Waals surface area contributed by atoms with Crippen LogP contribution in [0.25, 0.3) is 0 Å². The Morgan fingerprint density at radius 1 is 1.22 bits per heavy atom. The molecule has 2 heterocycles. The van der Waals surface area contributed by atoms with Crippen molar-refractivity contribution in [3.63, 3.8) is 0 Å². The van der Waals surface area contributed by atoms with Crippen LogP contribution in [0.3, 0.4) is 0 Å². The highest BCUT2D eigenvalue weighted by Gasteiger charge is 2.42. The average molecular weight is 248 g/mol. The molecule has 2 amide bonds. The third-order valence-electron chi connectivity index (χ3n) is 4.35. The zero-order chi connectivity index (χ0) is 12.5. The van der Waals surface area contributed by atoms with Crippen molar-refractivity contribution in [3.8, 4) is 0 Å². The third kappa shape index (κ3) is 2.04. The van der Waals surface area contributed by atoms with Crippen LogP contribution in [0.1, 0.15) is 32.1 Å². The first-order valence-electron chi connectivity index (χ1n) is 6.99. The predicted octanol–water partition coefficient (Wildman–Crippen LogP) is 1.18. The van der Waals surface area contributed by atoms with E-state index < -0.39 is 0 Å². The first-order valence-corrected chi connectivity index (χ1v) is 6.99. The highest BCUT2D eigenvalue weighted by Crippen LogP contribution is 2.26. The molecular weight excluding hydrogens is 228 g/mol. The van der Waals surface area contributed by atoms with Gasteiger partial charge in [0, 0.05) is 13.1 Å². The van der Waals surface area contributed by atoms with Crippen molar-refractivity contribution in [2.24, 2.45) is 5.92 Å². The Bertz CT molecular complexity index is 391. The van der Waals surface area contributed by atoms with Crippen LogP contribution in [0.5, 0.6) is 0 Å². The molecule has 1 aliphatic carbocycles. The number of hydrogen-bond acceptors (Lipinski definition) is 2. The predicted molar refractivity (Wildman–Crippen MR) is 67.8 cm³/mol. The lowest BCUT2D eigenvalue weighted by Crippen LogP contribution is -2.58. The van der Waals surface area contributed by atoms with E-state index in [9.17, 15) is 9.59 Å². The second-order valence-corrected chi connectivity index (χ2v) is 5.61. The maximum Gasteiger partial charge on any atom is 0.245 e.